The molecule has 1 amide bonds. The summed E-state index contributed by atoms with van der Waals surface area (Å²) in [4.78, 5) is 17.3. The average molecular weight is 362 g/mol. The fourth-order valence-corrected chi connectivity index (χ4v) is 5.84. The van der Waals surface area contributed by atoms with Gasteiger partial charge in [-0.15, -0.1) is 11.3 Å². The number of nitrogens with zero attached hydrogens (tertiary/aromatic N) is 1. The second-order valence-electron chi connectivity index (χ2n) is 8.15. The molecule has 0 aromatic carbocycles. The van der Waals surface area contributed by atoms with Gasteiger partial charge < -0.3 is 10.6 Å². The van der Waals surface area contributed by atoms with E-state index in [0.29, 0.717) is 18.5 Å². The van der Waals surface area contributed by atoms with Crippen LogP contribution in [0.1, 0.15) is 80.8 Å². The zero-order valence-corrected chi connectivity index (χ0v) is 16.0. The number of thiazole rings is 1. The molecular formula is C20H31N3OS. The summed E-state index contributed by atoms with van der Waals surface area (Å²) in [7, 11) is 0. The van der Waals surface area contributed by atoms with Crippen LogP contribution in [-0.2, 0) is 11.2 Å². The zero-order chi connectivity index (χ0) is 17.1. The summed E-state index contributed by atoms with van der Waals surface area (Å²) in [5.74, 6) is 1.60. The Balaban J connectivity index is 1.21. The predicted octanol–water partition coefficient (Wildman–Crippen LogP) is 3.77. The first-order valence-corrected chi connectivity index (χ1v) is 11.2. The van der Waals surface area contributed by atoms with Crippen LogP contribution in [0.15, 0.2) is 5.38 Å². The van der Waals surface area contributed by atoms with E-state index in [1.807, 2.05) is 0 Å². The molecule has 0 bridgehead atoms. The summed E-state index contributed by atoms with van der Waals surface area (Å²) in [5, 5.41) is 10.1. The van der Waals surface area contributed by atoms with E-state index >= 15 is 0 Å². The molecule has 25 heavy (non-hydrogen) atoms. The highest BCUT2D eigenvalue weighted by Gasteiger charge is 2.37. The van der Waals surface area contributed by atoms with Gasteiger partial charge in [-0.25, -0.2) is 4.98 Å². The molecule has 1 aromatic rings. The molecule has 1 saturated heterocycles. The highest BCUT2D eigenvalue weighted by atomic mass is 32.1. The topological polar surface area (TPSA) is 54.0 Å². The maximum absolute atomic E-state index is 12.4. The van der Waals surface area contributed by atoms with Crippen molar-refractivity contribution in [1.29, 1.82) is 0 Å². The lowest BCUT2D eigenvalue weighted by Gasteiger charge is -2.24. The Labute approximate surface area is 155 Å². The van der Waals surface area contributed by atoms with Crippen molar-refractivity contribution < 1.29 is 4.79 Å². The average Bonchev–Trinajstić information content (AvgIpc) is 3.29. The Morgan fingerprint density at radius 3 is 2.80 bits per heavy atom. The molecule has 0 spiro atoms. The Kier molecular flexibility index (Phi) is 5.71. The minimum atomic E-state index is 0.0298. The van der Waals surface area contributed by atoms with Crippen molar-refractivity contribution >= 4 is 17.2 Å². The van der Waals surface area contributed by atoms with Crippen LogP contribution >= 0.6 is 11.3 Å². The van der Waals surface area contributed by atoms with E-state index in [1.165, 1.54) is 68.5 Å². The number of hydrogen-bond acceptors (Lipinski definition) is 4. The number of nitrogens with one attached hydrogen (secondary N) is 2. The summed E-state index contributed by atoms with van der Waals surface area (Å²) >= 11 is 1.77. The van der Waals surface area contributed by atoms with E-state index in [0.717, 1.165) is 18.8 Å². The van der Waals surface area contributed by atoms with Crippen molar-refractivity contribution in [3.8, 4) is 0 Å². The summed E-state index contributed by atoms with van der Waals surface area (Å²) in [6.45, 7) is 0.712. The molecule has 0 radical (unpaired) electrons. The fourth-order valence-electron chi connectivity index (χ4n) is 4.96. The Morgan fingerprint density at radius 1 is 1.16 bits per heavy atom. The van der Waals surface area contributed by atoms with E-state index in [1.54, 1.807) is 11.3 Å². The van der Waals surface area contributed by atoms with Gasteiger partial charge in [-0.1, -0.05) is 32.1 Å². The smallest absolute Gasteiger partial charge is 0.237 e. The van der Waals surface area contributed by atoms with E-state index in [2.05, 4.69) is 16.0 Å². The standard InChI is InChI=1S/C20H31N3OS/c24-20(17-12-15-8-4-5-9-16(15)22-17)21-11-10-19-23-18(13-25-19)14-6-2-1-3-7-14/h13-17,22H,1-12H2,(H,21,24). The number of rotatable bonds is 5. The molecule has 4 rings (SSSR count). The highest BCUT2D eigenvalue weighted by molar-refractivity contribution is 7.09. The van der Waals surface area contributed by atoms with Crippen molar-refractivity contribution in [3.63, 3.8) is 0 Å². The first-order chi connectivity index (χ1) is 12.3. The van der Waals surface area contributed by atoms with Gasteiger partial charge in [0.05, 0.1) is 16.7 Å². The third-order valence-corrected chi connectivity index (χ3v) is 7.34. The molecule has 2 aliphatic carbocycles. The maximum Gasteiger partial charge on any atom is 0.237 e. The number of hydrogen-bond donors (Lipinski definition) is 2. The number of carbonyl (C=O) groups excluding carboxylic acids is 1. The molecule has 1 aromatic heterocycles. The van der Waals surface area contributed by atoms with Crippen LogP contribution in [0.5, 0.6) is 0 Å². The van der Waals surface area contributed by atoms with Crippen molar-refractivity contribution in [3.05, 3.63) is 16.1 Å². The number of carbonyl (C=O) groups is 1. The summed E-state index contributed by atoms with van der Waals surface area (Å²) in [5.41, 5.74) is 1.30. The summed E-state index contributed by atoms with van der Waals surface area (Å²) < 4.78 is 0. The minimum absolute atomic E-state index is 0.0298. The normalized spacial score (nSPS) is 30.2. The largest absolute Gasteiger partial charge is 0.354 e. The lowest BCUT2D eigenvalue weighted by molar-refractivity contribution is -0.122. The van der Waals surface area contributed by atoms with Gasteiger partial charge in [0.15, 0.2) is 0 Å². The molecule has 1 aliphatic heterocycles. The van der Waals surface area contributed by atoms with Crippen molar-refractivity contribution in [2.75, 3.05) is 6.54 Å². The molecule has 2 N–H and O–H groups in total. The maximum atomic E-state index is 12.4. The zero-order valence-electron chi connectivity index (χ0n) is 15.1. The number of aromatic nitrogens is 1. The number of fused-ring (bicyclic) bond motifs is 1. The third kappa shape index (κ3) is 4.25. The second kappa shape index (κ2) is 8.17. The van der Waals surface area contributed by atoms with Crippen molar-refractivity contribution in [2.24, 2.45) is 5.92 Å². The van der Waals surface area contributed by atoms with Crippen LogP contribution in [0.3, 0.4) is 0 Å². The lowest BCUT2D eigenvalue weighted by atomic mass is 9.85. The summed E-state index contributed by atoms with van der Waals surface area (Å²) in [6, 6.07) is 0.615. The molecule has 5 heteroatoms. The predicted molar refractivity (Wildman–Crippen MR) is 102 cm³/mol. The monoisotopic (exact) mass is 361 g/mol. The van der Waals surface area contributed by atoms with E-state index in [4.69, 9.17) is 4.98 Å². The van der Waals surface area contributed by atoms with Gasteiger partial charge in [0.1, 0.15) is 0 Å². The molecule has 3 fully saturated rings. The molecule has 3 atom stereocenters. The first-order valence-electron chi connectivity index (χ1n) is 10.3. The first kappa shape index (κ1) is 17.5. The van der Waals surface area contributed by atoms with Crippen molar-refractivity contribution in [2.45, 2.75) is 88.6 Å². The van der Waals surface area contributed by atoms with Gasteiger partial charge in [0.25, 0.3) is 0 Å². The van der Waals surface area contributed by atoms with Crippen LogP contribution in [0.25, 0.3) is 0 Å². The lowest BCUT2D eigenvalue weighted by Crippen LogP contribution is -2.43. The van der Waals surface area contributed by atoms with Crippen molar-refractivity contribution in [1.82, 2.24) is 15.6 Å². The Hall–Kier alpha value is -0.940. The second-order valence-corrected chi connectivity index (χ2v) is 9.09. The molecule has 3 unspecified atom stereocenters. The van der Waals surface area contributed by atoms with Gasteiger partial charge in [-0.05, 0) is 38.0 Å². The van der Waals surface area contributed by atoms with E-state index < -0.39 is 0 Å². The van der Waals surface area contributed by atoms with Gasteiger partial charge in [-0.3, -0.25) is 4.79 Å². The molecule has 138 valence electrons. The molecule has 4 nitrogen and oxygen atoms in total. The van der Waals surface area contributed by atoms with Crippen LogP contribution in [-0.4, -0.2) is 29.5 Å². The van der Waals surface area contributed by atoms with Crippen LogP contribution in [0.2, 0.25) is 0 Å². The van der Waals surface area contributed by atoms with Crippen LogP contribution in [0.4, 0.5) is 0 Å². The minimum Gasteiger partial charge on any atom is -0.354 e. The molecule has 2 saturated carbocycles. The highest BCUT2D eigenvalue weighted by Crippen LogP contribution is 2.34. The van der Waals surface area contributed by atoms with Crippen LogP contribution in [0, 0.1) is 5.92 Å². The van der Waals surface area contributed by atoms with Gasteiger partial charge in [-0.2, -0.15) is 0 Å². The molecule has 2 heterocycles. The Bertz CT molecular complexity index is 567. The van der Waals surface area contributed by atoms with Gasteiger partial charge in [0.2, 0.25) is 5.91 Å². The van der Waals surface area contributed by atoms with Gasteiger partial charge >= 0.3 is 0 Å². The van der Waals surface area contributed by atoms with Crippen LogP contribution < -0.4 is 10.6 Å². The van der Waals surface area contributed by atoms with E-state index in [9.17, 15) is 4.79 Å². The molecule has 3 aliphatic rings. The third-order valence-electron chi connectivity index (χ3n) is 6.41. The quantitative estimate of drug-likeness (QED) is 0.839. The van der Waals surface area contributed by atoms with E-state index in [-0.39, 0.29) is 11.9 Å². The summed E-state index contributed by atoms with van der Waals surface area (Å²) in [6.07, 6.45) is 13.8. The number of amides is 1. The molecular weight excluding hydrogens is 330 g/mol. The fraction of sp³-hybridized carbons (Fsp3) is 0.800. The Morgan fingerprint density at radius 2 is 1.96 bits per heavy atom. The van der Waals surface area contributed by atoms with Gasteiger partial charge in [0, 0.05) is 30.3 Å². The SMILES string of the molecule is O=C(NCCc1nc(C2CCCCC2)cs1)C1CC2CCCCC2N1.